The molecule has 0 fully saturated rings. The van der Waals surface area contributed by atoms with Crippen molar-refractivity contribution in [2.24, 2.45) is 0 Å². The zero-order valence-corrected chi connectivity index (χ0v) is 9.19. The van der Waals surface area contributed by atoms with Gasteiger partial charge in [0.05, 0.1) is 12.2 Å². The molecular weight excluding hydrogens is 190 g/mol. The van der Waals surface area contributed by atoms with Crippen LogP contribution in [0, 0.1) is 0 Å². The minimum Gasteiger partial charge on any atom is -0.469 e. The largest absolute Gasteiger partial charge is 0.469 e. The van der Waals surface area contributed by atoms with Crippen molar-refractivity contribution in [1.82, 2.24) is 5.32 Å². The van der Waals surface area contributed by atoms with Gasteiger partial charge < -0.3 is 9.73 Å². The Morgan fingerprint density at radius 1 is 1.67 bits per heavy atom. The van der Waals surface area contributed by atoms with Crippen LogP contribution in [-0.2, 0) is 4.79 Å². The first-order valence-corrected chi connectivity index (χ1v) is 5.18. The first kappa shape index (κ1) is 11.6. The molecule has 0 saturated carbocycles. The highest BCUT2D eigenvalue weighted by Gasteiger charge is 2.16. The zero-order chi connectivity index (χ0) is 11.1. The van der Waals surface area contributed by atoms with Crippen LogP contribution >= 0.6 is 0 Å². The molecule has 0 aliphatic heterocycles. The van der Waals surface area contributed by atoms with Gasteiger partial charge in [-0.3, -0.25) is 4.79 Å². The number of nitrogens with one attached hydrogen (secondary N) is 1. The number of carbonyl (C=O) groups is 1. The Bertz CT molecular complexity index is 314. The lowest BCUT2D eigenvalue weighted by atomic mass is 10.1. The van der Waals surface area contributed by atoms with Crippen LogP contribution in [-0.4, -0.2) is 12.5 Å². The summed E-state index contributed by atoms with van der Waals surface area (Å²) in [5.74, 6) is 0.499. The lowest BCUT2D eigenvalue weighted by Gasteiger charge is -2.08. The molecular formula is C12H17NO2. The molecule has 1 heterocycles. The summed E-state index contributed by atoms with van der Waals surface area (Å²) in [4.78, 5) is 11.6. The first-order chi connectivity index (χ1) is 7.25. The van der Waals surface area contributed by atoms with Gasteiger partial charge in [0.25, 0.3) is 0 Å². The predicted octanol–water partition coefficient (Wildman–Crippen LogP) is 2.47. The third-order valence-electron chi connectivity index (χ3n) is 2.21. The van der Waals surface area contributed by atoms with Crippen LogP contribution in [0.5, 0.6) is 0 Å². The average molecular weight is 207 g/mol. The third kappa shape index (κ3) is 3.62. The van der Waals surface area contributed by atoms with Gasteiger partial charge >= 0.3 is 0 Å². The topological polar surface area (TPSA) is 42.2 Å². The fourth-order valence-corrected chi connectivity index (χ4v) is 1.27. The van der Waals surface area contributed by atoms with E-state index in [0.29, 0.717) is 12.3 Å². The maximum atomic E-state index is 11.6. The third-order valence-corrected chi connectivity index (χ3v) is 2.21. The van der Waals surface area contributed by atoms with Gasteiger partial charge in [0.2, 0.25) is 5.91 Å². The molecule has 1 atom stereocenters. The van der Waals surface area contributed by atoms with E-state index in [1.165, 1.54) is 0 Å². The van der Waals surface area contributed by atoms with Crippen molar-refractivity contribution < 1.29 is 9.21 Å². The molecule has 1 aromatic rings. The van der Waals surface area contributed by atoms with Crippen molar-refractivity contribution in [1.29, 1.82) is 0 Å². The maximum absolute atomic E-state index is 11.6. The number of allylic oxidation sites excluding steroid dienone is 1. The lowest BCUT2D eigenvalue weighted by molar-refractivity contribution is -0.122. The van der Waals surface area contributed by atoms with Gasteiger partial charge in [-0.2, -0.15) is 0 Å². The van der Waals surface area contributed by atoms with Gasteiger partial charge in [0.15, 0.2) is 0 Å². The quantitative estimate of drug-likeness (QED) is 0.595. The number of hydrogen-bond donors (Lipinski definition) is 1. The Morgan fingerprint density at radius 3 is 3.07 bits per heavy atom. The van der Waals surface area contributed by atoms with Gasteiger partial charge in [-0.1, -0.05) is 12.2 Å². The van der Waals surface area contributed by atoms with Gasteiger partial charge in [0.1, 0.15) is 5.76 Å². The van der Waals surface area contributed by atoms with E-state index < -0.39 is 0 Å². The summed E-state index contributed by atoms with van der Waals surface area (Å²) in [6.45, 7) is 4.48. The van der Waals surface area contributed by atoms with E-state index in [9.17, 15) is 4.79 Å². The molecule has 1 aromatic heterocycles. The first-order valence-electron chi connectivity index (χ1n) is 5.18. The van der Waals surface area contributed by atoms with Crippen LogP contribution in [0.3, 0.4) is 0 Å². The van der Waals surface area contributed by atoms with Crippen LogP contribution in [0.25, 0.3) is 0 Å². The lowest BCUT2D eigenvalue weighted by Crippen LogP contribution is -2.28. The summed E-state index contributed by atoms with van der Waals surface area (Å²) in [5.41, 5.74) is 0. The van der Waals surface area contributed by atoms with Crippen molar-refractivity contribution in [3.05, 3.63) is 36.3 Å². The highest BCUT2D eigenvalue weighted by molar-refractivity contribution is 5.82. The van der Waals surface area contributed by atoms with E-state index in [0.717, 1.165) is 6.42 Å². The number of rotatable bonds is 5. The molecule has 15 heavy (non-hydrogen) atoms. The fourth-order valence-electron chi connectivity index (χ4n) is 1.27. The number of carbonyl (C=O) groups excluding carboxylic acids is 1. The van der Waals surface area contributed by atoms with Crippen molar-refractivity contribution in [2.45, 2.75) is 26.2 Å². The van der Waals surface area contributed by atoms with Crippen molar-refractivity contribution in [3.63, 3.8) is 0 Å². The average Bonchev–Trinajstić information content (AvgIpc) is 2.76. The summed E-state index contributed by atoms with van der Waals surface area (Å²) < 4.78 is 5.17. The van der Waals surface area contributed by atoms with Crippen LogP contribution in [0.2, 0.25) is 0 Å². The van der Waals surface area contributed by atoms with Gasteiger partial charge in [-0.05, 0) is 32.4 Å². The Labute approximate surface area is 90.2 Å². The molecule has 0 radical (unpaired) electrons. The van der Waals surface area contributed by atoms with E-state index >= 15 is 0 Å². The Morgan fingerprint density at radius 2 is 2.47 bits per heavy atom. The SMILES string of the molecule is C/C=C/CCNC(=O)C(C)c1ccco1. The summed E-state index contributed by atoms with van der Waals surface area (Å²) in [6, 6.07) is 3.61. The summed E-state index contributed by atoms with van der Waals surface area (Å²) >= 11 is 0. The molecule has 0 aliphatic carbocycles. The molecule has 1 rings (SSSR count). The second-order valence-corrected chi connectivity index (χ2v) is 3.39. The minimum atomic E-state index is -0.217. The molecule has 3 nitrogen and oxygen atoms in total. The van der Waals surface area contributed by atoms with Crippen molar-refractivity contribution in [2.75, 3.05) is 6.54 Å². The van der Waals surface area contributed by atoms with Crippen molar-refractivity contribution in [3.8, 4) is 0 Å². The molecule has 1 amide bonds. The standard InChI is InChI=1S/C12H17NO2/c1-3-4-5-8-13-12(14)10(2)11-7-6-9-15-11/h3-4,6-7,9-10H,5,8H2,1-2H3,(H,13,14)/b4-3+. The molecule has 0 bridgehead atoms. The van der Waals surface area contributed by atoms with E-state index in [-0.39, 0.29) is 11.8 Å². The smallest absolute Gasteiger partial charge is 0.230 e. The second kappa shape index (κ2) is 6.06. The Kier molecular flexibility index (Phi) is 4.68. The molecule has 0 aliphatic rings. The molecule has 3 heteroatoms. The number of hydrogen-bond acceptors (Lipinski definition) is 2. The van der Waals surface area contributed by atoms with Gasteiger partial charge in [-0.15, -0.1) is 0 Å². The van der Waals surface area contributed by atoms with Crippen LogP contribution in [0.4, 0.5) is 0 Å². The molecule has 82 valence electrons. The molecule has 0 spiro atoms. The van der Waals surface area contributed by atoms with Crippen LogP contribution in [0.1, 0.15) is 31.9 Å². The molecule has 1 N–H and O–H groups in total. The summed E-state index contributed by atoms with van der Waals surface area (Å²) in [7, 11) is 0. The molecule has 0 saturated heterocycles. The maximum Gasteiger partial charge on any atom is 0.230 e. The monoisotopic (exact) mass is 207 g/mol. The highest BCUT2D eigenvalue weighted by Crippen LogP contribution is 2.14. The predicted molar refractivity (Wildman–Crippen MR) is 59.6 cm³/mol. The minimum absolute atomic E-state index is 0.00875. The Hall–Kier alpha value is -1.51. The normalized spacial score (nSPS) is 12.9. The molecule has 1 unspecified atom stereocenters. The van der Waals surface area contributed by atoms with E-state index in [1.54, 1.807) is 12.3 Å². The number of furan rings is 1. The Balaban J connectivity index is 2.34. The van der Waals surface area contributed by atoms with Gasteiger partial charge in [-0.25, -0.2) is 0 Å². The van der Waals surface area contributed by atoms with Crippen LogP contribution in [0.15, 0.2) is 35.0 Å². The number of amides is 1. The molecule has 0 aromatic carbocycles. The van der Waals surface area contributed by atoms with Crippen molar-refractivity contribution >= 4 is 5.91 Å². The van der Waals surface area contributed by atoms with E-state index in [2.05, 4.69) is 5.32 Å². The van der Waals surface area contributed by atoms with E-state index in [4.69, 9.17) is 4.42 Å². The zero-order valence-electron chi connectivity index (χ0n) is 9.19. The fraction of sp³-hybridized carbons (Fsp3) is 0.417. The highest BCUT2D eigenvalue weighted by atomic mass is 16.3. The van der Waals surface area contributed by atoms with E-state index in [1.807, 2.05) is 32.1 Å². The van der Waals surface area contributed by atoms with Gasteiger partial charge in [0, 0.05) is 6.54 Å². The summed E-state index contributed by atoms with van der Waals surface area (Å²) in [6.07, 6.45) is 6.45. The summed E-state index contributed by atoms with van der Waals surface area (Å²) in [5, 5.41) is 2.86. The van der Waals surface area contributed by atoms with Crippen LogP contribution < -0.4 is 5.32 Å². The second-order valence-electron chi connectivity index (χ2n) is 3.39.